The third-order valence-corrected chi connectivity index (χ3v) is 6.69. The van der Waals surface area contributed by atoms with Gasteiger partial charge in [0.05, 0.1) is 6.61 Å². The Labute approximate surface area is 178 Å². The molecule has 2 aliphatic rings. The van der Waals surface area contributed by atoms with Crippen LogP contribution in [0.15, 0.2) is 71.9 Å². The number of amides is 1. The van der Waals surface area contributed by atoms with Crippen LogP contribution in [0.2, 0.25) is 0 Å². The van der Waals surface area contributed by atoms with Crippen molar-refractivity contribution >= 4 is 23.6 Å². The summed E-state index contributed by atoms with van der Waals surface area (Å²) in [6, 6.07) is 18.7. The molecular formula is C22H22N2O5S. The summed E-state index contributed by atoms with van der Waals surface area (Å²) >= 11 is 1.34. The Hall–Kier alpha value is -2.65. The van der Waals surface area contributed by atoms with Gasteiger partial charge in [-0.15, -0.1) is 11.8 Å². The highest BCUT2D eigenvalue weighted by Gasteiger charge is 2.63. The van der Waals surface area contributed by atoms with E-state index in [0.717, 1.165) is 11.1 Å². The van der Waals surface area contributed by atoms with Crippen LogP contribution in [-0.4, -0.2) is 52.5 Å². The van der Waals surface area contributed by atoms with Gasteiger partial charge in [-0.3, -0.25) is 15.4 Å². The molecule has 2 aliphatic heterocycles. The van der Waals surface area contributed by atoms with Crippen LogP contribution < -0.4 is 5.73 Å². The molecule has 0 saturated carbocycles. The summed E-state index contributed by atoms with van der Waals surface area (Å²) < 4.78 is 11.1. The van der Waals surface area contributed by atoms with Crippen molar-refractivity contribution in [2.75, 3.05) is 19.5 Å². The van der Waals surface area contributed by atoms with E-state index >= 15 is 0 Å². The minimum absolute atomic E-state index is 0.0428. The van der Waals surface area contributed by atoms with Gasteiger partial charge in [-0.1, -0.05) is 60.7 Å². The highest BCUT2D eigenvalue weighted by Crippen LogP contribution is 2.45. The zero-order chi connectivity index (χ0) is 21.3. The topological polar surface area (TPSA) is 102 Å². The third-order valence-electron chi connectivity index (χ3n) is 5.30. The highest BCUT2D eigenvalue weighted by molar-refractivity contribution is 8.00. The van der Waals surface area contributed by atoms with Crippen LogP contribution in [0.25, 0.3) is 0 Å². The maximum absolute atomic E-state index is 13.3. The van der Waals surface area contributed by atoms with Crippen molar-refractivity contribution in [1.82, 2.24) is 4.90 Å². The lowest BCUT2D eigenvalue weighted by Crippen LogP contribution is -2.78. The normalized spacial score (nSPS) is 23.3. The van der Waals surface area contributed by atoms with Crippen molar-refractivity contribution in [3.63, 3.8) is 0 Å². The number of nitrogens with two attached hydrogens (primary N) is 1. The van der Waals surface area contributed by atoms with Crippen LogP contribution in [0.5, 0.6) is 0 Å². The number of benzene rings is 2. The third kappa shape index (κ3) is 3.31. The molecule has 1 saturated heterocycles. The van der Waals surface area contributed by atoms with Gasteiger partial charge in [-0.2, -0.15) is 0 Å². The van der Waals surface area contributed by atoms with Crippen molar-refractivity contribution in [2.24, 2.45) is 5.73 Å². The molecule has 0 radical (unpaired) electrons. The predicted molar refractivity (Wildman–Crippen MR) is 112 cm³/mol. The lowest BCUT2D eigenvalue weighted by Gasteiger charge is -2.54. The number of nitrogens with zero attached hydrogens (tertiary/aromatic N) is 1. The van der Waals surface area contributed by atoms with Crippen LogP contribution in [0.3, 0.4) is 0 Å². The minimum atomic E-state index is -1.49. The lowest BCUT2D eigenvalue weighted by atomic mass is 9.99. The van der Waals surface area contributed by atoms with E-state index in [4.69, 9.17) is 15.2 Å². The van der Waals surface area contributed by atoms with Gasteiger partial charge in [-0.25, -0.2) is 4.79 Å². The number of carbonyl (C=O) groups excluding carboxylic acids is 2. The average molecular weight is 426 g/mol. The summed E-state index contributed by atoms with van der Waals surface area (Å²) in [6.07, 6.45) is -0.665. The number of hydrogen-bond acceptors (Lipinski definition) is 7. The van der Waals surface area contributed by atoms with Crippen LogP contribution in [-0.2, 0) is 19.1 Å². The number of esters is 1. The summed E-state index contributed by atoms with van der Waals surface area (Å²) in [5.74, 6) is -0.872. The fourth-order valence-corrected chi connectivity index (χ4v) is 5.04. The van der Waals surface area contributed by atoms with Crippen LogP contribution >= 0.6 is 11.8 Å². The van der Waals surface area contributed by atoms with Crippen molar-refractivity contribution in [2.45, 2.75) is 17.2 Å². The molecule has 8 heteroatoms. The Morgan fingerprint density at radius 3 is 2.27 bits per heavy atom. The molecule has 0 bridgehead atoms. The summed E-state index contributed by atoms with van der Waals surface area (Å²) in [6.45, 7) is -0.361. The summed E-state index contributed by atoms with van der Waals surface area (Å²) in [4.78, 5) is 27.2. The second-order valence-electron chi connectivity index (χ2n) is 7.05. The smallest absolute Gasteiger partial charge is 0.356 e. The number of aliphatic hydroxyl groups is 1. The molecule has 0 spiro atoms. The fourth-order valence-electron chi connectivity index (χ4n) is 3.66. The second kappa shape index (κ2) is 8.23. The van der Waals surface area contributed by atoms with Crippen molar-refractivity contribution in [3.8, 4) is 0 Å². The molecule has 2 aromatic carbocycles. The molecule has 0 unspecified atom stereocenters. The summed E-state index contributed by atoms with van der Waals surface area (Å²) in [5.41, 5.74) is 6.63. The van der Waals surface area contributed by atoms with Gasteiger partial charge < -0.3 is 14.6 Å². The molecule has 7 nitrogen and oxygen atoms in total. The van der Waals surface area contributed by atoms with E-state index in [1.54, 1.807) is 0 Å². The van der Waals surface area contributed by atoms with E-state index in [9.17, 15) is 14.7 Å². The number of thioether (sulfide) groups is 1. The number of β-lactam (4-membered cyclic amide) rings is 1. The molecule has 2 aromatic rings. The maximum atomic E-state index is 13.3. The maximum Gasteiger partial charge on any atom is 0.356 e. The number of carbonyl (C=O) groups is 2. The van der Waals surface area contributed by atoms with Gasteiger partial charge in [0.2, 0.25) is 5.72 Å². The summed E-state index contributed by atoms with van der Waals surface area (Å²) in [7, 11) is 1.36. The van der Waals surface area contributed by atoms with Gasteiger partial charge in [0.1, 0.15) is 11.1 Å². The first kappa shape index (κ1) is 20.6. The Kier molecular flexibility index (Phi) is 5.66. The van der Waals surface area contributed by atoms with Crippen LogP contribution in [0.1, 0.15) is 17.2 Å². The molecule has 156 valence electrons. The van der Waals surface area contributed by atoms with Gasteiger partial charge in [-0.05, 0) is 16.7 Å². The first-order valence-corrected chi connectivity index (χ1v) is 10.5. The van der Waals surface area contributed by atoms with Crippen LogP contribution in [0.4, 0.5) is 0 Å². The number of rotatable bonds is 6. The van der Waals surface area contributed by atoms with E-state index < -0.39 is 29.1 Å². The van der Waals surface area contributed by atoms with Gasteiger partial charge in [0.15, 0.2) is 6.10 Å². The number of fused-ring (bicyclic) bond motifs is 1. The molecule has 2 atom stereocenters. The number of methoxy groups -OCH3 is 1. The first-order valence-electron chi connectivity index (χ1n) is 9.44. The molecule has 1 amide bonds. The van der Waals surface area contributed by atoms with Crippen molar-refractivity contribution < 1.29 is 24.2 Å². The van der Waals surface area contributed by atoms with Crippen molar-refractivity contribution in [3.05, 3.63) is 83.1 Å². The summed E-state index contributed by atoms with van der Waals surface area (Å²) in [5, 5.41) is 9.24. The first-order chi connectivity index (χ1) is 14.5. The van der Waals surface area contributed by atoms with E-state index in [1.165, 1.54) is 23.8 Å². The monoisotopic (exact) mass is 426 g/mol. The van der Waals surface area contributed by atoms with E-state index in [1.807, 2.05) is 60.7 Å². The predicted octanol–water partition coefficient (Wildman–Crippen LogP) is 1.78. The molecule has 0 aliphatic carbocycles. The quantitative estimate of drug-likeness (QED) is 0.412. The van der Waals surface area contributed by atoms with E-state index in [-0.39, 0.29) is 12.3 Å². The molecule has 4 rings (SSSR count). The lowest BCUT2D eigenvalue weighted by molar-refractivity contribution is -0.184. The standard InChI is InChI=1S/C22H22N2O5S/c1-28-22(23)20(27)24-17(16(12-25)13-30-21(22)24)19(26)29-18(14-8-4-2-5-9-14)15-10-6-3-7-11-15/h2-11,18,21,25H,12-13,23H2,1H3/t21-,22+/m1/s1. The second-order valence-corrected chi connectivity index (χ2v) is 8.12. The van der Waals surface area contributed by atoms with Gasteiger partial charge in [0, 0.05) is 12.9 Å². The van der Waals surface area contributed by atoms with E-state index in [2.05, 4.69) is 0 Å². The molecule has 1 fully saturated rings. The van der Waals surface area contributed by atoms with Crippen molar-refractivity contribution in [1.29, 1.82) is 0 Å². The Bertz CT molecular complexity index is 942. The molecule has 0 aromatic heterocycles. The molecule has 3 N–H and O–H groups in total. The highest BCUT2D eigenvalue weighted by atomic mass is 32.2. The number of aliphatic hydroxyl groups excluding tert-OH is 1. The van der Waals surface area contributed by atoms with Gasteiger partial charge >= 0.3 is 5.97 Å². The zero-order valence-corrected chi connectivity index (χ0v) is 17.2. The SMILES string of the molecule is CO[C@@]1(N)C(=O)N2C(C(=O)OC(c3ccccc3)c3ccccc3)=C(CO)CS[C@@H]21. The average Bonchev–Trinajstić information content (AvgIpc) is 2.81. The minimum Gasteiger partial charge on any atom is -0.448 e. The zero-order valence-electron chi connectivity index (χ0n) is 16.4. The number of ether oxygens (including phenoxy) is 2. The molecule has 2 heterocycles. The Morgan fingerprint density at radius 2 is 1.77 bits per heavy atom. The largest absolute Gasteiger partial charge is 0.448 e. The Morgan fingerprint density at radius 1 is 1.20 bits per heavy atom. The molecule has 30 heavy (non-hydrogen) atoms. The van der Waals surface area contributed by atoms with Gasteiger partial charge in [0.25, 0.3) is 5.91 Å². The van der Waals surface area contributed by atoms with E-state index in [0.29, 0.717) is 11.3 Å². The number of hydrogen-bond donors (Lipinski definition) is 2. The Balaban J connectivity index is 1.68. The molecular weight excluding hydrogens is 404 g/mol. The fraction of sp³-hybridized carbons (Fsp3) is 0.273. The van der Waals surface area contributed by atoms with Crippen LogP contribution in [0, 0.1) is 0 Å².